The maximum Gasteiger partial charge on any atom is 0.257 e. The predicted octanol–water partition coefficient (Wildman–Crippen LogP) is 1.39. The van der Waals surface area contributed by atoms with Crippen molar-refractivity contribution >= 4 is 11.6 Å². The number of carbonyl (C=O) groups excluding carboxylic acids is 1. The highest BCUT2D eigenvalue weighted by Crippen LogP contribution is 2.19. The van der Waals surface area contributed by atoms with Gasteiger partial charge in [-0.2, -0.15) is 0 Å². The predicted molar refractivity (Wildman–Crippen MR) is 64.0 cm³/mol. The van der Waals surface area contributed by atoms with Crippen molar-refractivity contribution in [3.05, 3.63) is 29.3 Å². The molecular weight excluding hydrogens is 242 g/mol. The highest BCUT2D eigenvalue weighted by molar-refractivity contribution is 5.95. The lowest BCUT2D eigenvalue weighted by molar-refractivity contribution is 0.0660. The third-order valence-corrected chi connectivity index (χ3v) is 2.54. The molecule has 0 aliphatic heterocycles. The van der Waals surface area contributed by atoms with Gasteiger partial charge in [0.2, 0.25) is 0 Å². The molecule has 0 unspecified atom stereocenters. The summed E-state index contributed by atoms with van der Waals surface area (Å²) in [7, 11) is 0. The molecule has 1 aromatic rings. The molecule has 0 bridgehead atoms. The van der Waals surface area contributed by atoms with Crippen LogP contribution < -0.4 is 5.73 Å². The minimum atomic E-state index is -0.963. The number of rotatable bonds is 4. The molecule has 0 atom stereocenters. The van der Waals surface area contributed by atoms with Crippen molar-refractivity contribution in [1.82, 2.24) is 4.90 Å². The van der Waals surface area contributed by atoms with Crippen LogP contribution in [-0.2, 0) is 0 Å². The highest BCUT2D eigenvalue weighted by atomic mass is 19.1. The van der Waals surface area contributed by atoms with Gasteiger partial charge >= 0.3 is 0 Å². The van der Waals surface area contributed by atoms with Crippen LogP contribution in [0.1, 0.15) is 24.2 Å². The topological polar surface area (TPSA) is 66.6 Å². The van der Waals surface area contributed by atoms with Gasteiger partial charge in [-0.15, -0.1) is 0 Å². The fraction of sp³-hybridized carbons (Fsp3) is 0.417. The van der Waals surface area contributed by atoms with Crippen LogP contribution >= 0.6 is 0 Å². The molecule has 0 aliphatic rings. The molecule has 4 nitrogen and oxygen atoms in total. The van der Waals surface area contributed by atoms with Crippen molar-refractivity contribution in [2.45, 2.75) is 19.9 Å². The van der Waals surface area contributed by atoms with Gasteiger partial charge in [-0.05, 0) is 19.9 Å². The van der Waals surface area contributed by atoms with E-state index >= 15 is 0 Å². The third kappa shape index (κ3) is 2.95. The van der Waals surface area contributed by atoms with Gasteiger partial charge in [-0.3, -0.25) is 4.79 Å². The quantitative estimate of drug-likeness (QED) is 0.802. The Morgan fingerprint density at radius 3 is 2.50 bits per heavy atom. The zero-order valence-electron chi connectivity index (χ0n) is 10.3. The van der Waals surface area contributed by atoms with Gasteiger partial charge in [-0.25, -0.2) is 8.78 Å². The Morgan fingerprint density at radius 2 is 2.00 bits per heavy atom. The van der Waals surface area contributed by atoms with Gasteiger partial charge in [0.25, 0.3) is 5.91 Å². The molecule has 0 fully saturated rings. The molecule has 18 heavy (non-hydrogen) atoms. The summed E-state index contributed by atoms with van der Waals surface area (Å²) in [5.41, 5.74) is 4.74. The number of halogens is 2. The molecule has 0 radical (unpaired) electrons. The Hall–Kier alpha value is -1.69. The fourth-order valence-electron chi connectivity index (χ4n) is 1.59. The largest absolute Gasteiger partial charge is 0.396 e. The summed E-state index contributed by atoms with van der Waals surface area (Å²) < 4.78 is 26.5. The van der Waals surface area contributed by atoms with Crippen molar-refractivity contribution in [3.63, 3.8) is 0 Å². The first-order chi connectivity index (χ1) is 8.38. The number of nitrogen functional groups attached to an aromatic ring is 1. The van der Waals surface area contributed by atoms with E-state index in [0.717, 1.165) is 6.07 Å². The number of hydrogen-bond acceptors (Lipinski definition) is 3. The van der Waals surface area contributed by atoms with Crippen LogP contribution in [0.15, 0.2) is 12.1 Å². The molecular formula is C12H16F2N2O2. The standard InChI is InChI=1S/C12H16F2N2O2/c1-7(2)16(3-4-17)12(18)8-5-11(15)10(14)6-9(8)13/h5-7,17H,3-4,15H2,1-2H3. The third-order valence-electron chi connectivity index (χ3n) is 2.54. The second-order valence-corrected chi connectivity index (χ2v) is 4.17. The van der Waals surface area contributed by atoms with Crippen LogP contribution in [0.4, 0.5) is 14.5 Å². The monoisotopic (exact) mass is 258 g/mol. The zero-order chi connectivity index (χ0) is 13.9. The van der Waals surface area contributed by atoms with E-state index in [4.69, 9.17) is 10.8 Å². The van der Waals surface area contributed by atoms with Crippen LogP contribution in [0.2, 0.25) is 0 Å². The number of hydrogen-bond donors (Lipinski definition) is 2. The molecule has 0 spiro atoms. The average molecular weight is 258 g/mol. The fourth-order valence-corrected chi connectivity index (χ4v) is 1.59. The molecule has 0 aliphatic carbocycles. The second-order valence-electron chi connectivity index (χ2n) is 4.17. The minimum absolute atomic E-state index is 0.0766. The van der Waals surface area contributed by atoms with Gasteiger partial charge in [0.15, 0.2) is 0 Å². The van der Waals surface area contributed by atoms with Gasteiger partial charge in [-0.1, -0.05) is 0 Å². The molecule has 100 valence electrons. The molecule has 6 heteroatoms. The van der Waals surface area contributed by atoms with Crippen LogP contribution in [0.5, 0.6) is 0 Å². The number of amides is 1. The molecule has 0 saturated carbocycles. The van der Waals surface area contributed by atoms with Gasteiger partial charge in [0.05, 0.1) is 17.9 Å². The number of nitrogens with two attached hydrogens (primary N) is 1. The number of anilines is 1. The molecule has 0 heterocycles. The summed E-state index contributed by atoms with van der Waals surface area (Å²) in [6, 6.07) is 1.34. The van der Waals surface area contributed by atoms with Crippen molar-refractivity contribution in [3.8, 4) is 0 Å². The first-order valence-electron chi connectivity index (χ1n) is 5.54. The smallest absolute Gasteiger partial charge is 0.257 e. The van der Waals surface area contributed by atoms with Gasteiger partial charge < -0.3 is 15.7 Å². The second kappa shape index (κ2) is 5.77. The van der Waals surface area contributed by atoms with E-state index < -0.39 is 17.5 Å². The summed E-state index contributed by atoms with van der Waals surface area (Å²) in [6.07, 6.45) is 0. The van der Waals surface area contributed by atoms with Crippen molar-refractivity contribution in [2.75, 3.05) is 18.9 Å². The minimum Gasteiger partial charge on any atom is -0.396 e. The van der Waals surface area contributed by atoms with Crippen LogP contribution in [0, 0.1) is 11.6 Å². The zero-order valence-corrected chi connectivity index (χ0v) is 10.3. The number of benzene rings is 1. The van der Waals surface area contributed by atoms with Crippen LogP contribution in [-0.4, -0.2) is 35.1 Å². The maximum atomic E-state index is 13.5. The first-order valence-corrected chi connectivity index (χ1v) is 5.54. The normalized spacial score (nSPS) is 10.8. The lowest BCUT2D eigenvalue weighted by Crippen LogP contribution is -2.39. The molecule has 0 aromatic heterocycles. The van der Waals surface area contributed by atoms with E-state index in [2.05, 4.69) is 0 Å². The summed E-state index contributed by atoms with van der Waals surface area (Å²) in [5.74, 6) is -2.49. The van der Waals surface area contributed by atoms with Crippen molar-refractivity contribution in [1.29, 1.82) is 0 Å². The number of aliphatic hydroxyl groups excluding tert-OH is 1. The highest BCUT2D eigenvalue weighted by Gasteiger charge is 2.22. The van der Waals surface area contributed by atoms with Gasteiger partial charge in [0, 0.05) is 18.7 Å². The summed E-state index contributed by atoms with van der Waals surface area (Å²) in [4.78, 5) is 13.3. The Kier molecular flexibility index (Phi) is 4.61. The van der Waals surface area contributed by atoms with E-state index in [9.17, 15) is 13.6 Å². The average Bonchev–Trinajstić information content (AvgIpc) is 2.29. The van der Waals surface area contributed by atoms with Gasteiger partial charge in [0.1, 0.15) is 11.6 Å². The number of nitrogens with zero attached hydrogens (tertiary/aromatic N) is 1. The van der Waals surface area contributed by atoms with Crippen molar-refractivity contribution in [2.24, 2.45) is 0 Å². The van der Waals surface area contributed by atoms with Crippen molar-refractivity contribution < 1.29 is 18.7 Å². The Balaban J connectivity index is 3.12. The summed E-state index contributed by atoms with van der Waals surface area (Å²) >= 11 is 0. The van der Waals surface area contributed by atoms with E-state index in [-0.39, 0.29) is 30.4 Å². The molecule has 0 saturated heterocycles. The lowest BCUT2D eigenvalue weighted by Gasteiger charge is -2.26. The first kappa shape index (κ1) is 14.4. The lowest BCUT2D eigenvalue weighted by atomic mass is 10.1. The molecule has 1 amide bonds. The van der Waals surface area contributed by atoms with E-state index in [1.54, 1.807) is 13.8 Å². The maximum absolute atomic E-state index is 13.5. The van der Waals surface area contributed by atoms with Crippen LogP contribution in [0.3, 0.4) is 0 Å². The Morgan fingerprint density at radius 1 is 1.39 bits per heavy atom. The number of aliphatic hydroxyl groups is 1. The molecule has 1 rings (SSSR count). The summed E-state index contributed by atoms with van der Waals surface area (Å²) in [6.45, 7) is 3.31. The number of carbonyl (C=O) groups is 1. The Bertz CT molecular complexity index is 450. The summed E-state index contributed by atoms with van der Waals surface area (Å²) in [5, 5.41) is 8.88. The van der Waals surface area contributed by atoms with Crippen LogP contribution in [0.25, 0.3) is 0 Å². The van der Waals surface area contributed by atoms with E-state index in [1.165, 1.54) is 4.90 Å². The Labute approximate surface area is 104 Å². The molecule has 1 aromatic carbocycles. The van der Waals surface area contributed by atoms with E-state index in [0.29, 0.717) is 6.07 Å². The molecule has 3 N–H and O–H groups in total. The SMILES string of the molecule is CC(C)N(CCO)C(=O)c1cc(N)c(F)cc1F. The van der Waals surface area contributed by atoms with E-state index in [1.807, 2.05) is 0 Å².